The van der Waals surface area contributed by atoms with Crippen LogP contribution < -0.4 is 10.2 Å². The summed E-state index contributed by atoms with van der Waals surface area (Å²) in [5, 5.41) is 13.4. The van der Waals surface area contributed by atoms with Gasteiger partial charge in [-0.1, -0.05) is 47.6 Å². The third kappa shape index (κ3) is 6.68. The zero-order chi connectivity index (χ0) is 22.1. The number of nitrogens with zero attached hydrogens (tertiary/aromatic N) is 2. The van der Waals surface area contributed by atoms with Gasteiger partial charge in [0.2, 0.25) is 0 Å². The van der Waals surface area contributed by atoms with Crippen molar-refractivity contribution in [3.63, 3.8) is 0 Å². The number of ether oxygens (including phenoxy) is 1. The summed E-state index contributed by atoms with van der Waals surface area (Å²) in [6.07, 6.45) is 0.851. The van der Waals surface area contributed by atoms with Crippen LogP contribution in [0.1, 0.15) is 36.7 Å². The summed E-state index contributed by atoms with van der Waals surface area (Å²) < 4.78 is 11.0. The molecule has 8 heteroatoms. The van der Waals surface area contributed by atoms with E-state index in [1.807, 2.05) is 49.4 Å². The van der Waals surface area contributed by atoms with Gasteiger partial charge in [-0.15, -0.1) is 0 Å². The molecule has 0 bridgehead atoms. The number of benzene rings is 2. The first-order valence-electron chi connectivity index (χ1n) is 9.93. The number of rotatable bonds is 11. The molecule has 2 aromatic carbocycles. The normalized spacial score (nSPS) is 11.7. The highest BCUT2D eigenvalue weighted by Crippen LogP contribution is 2.18. The van der Waals surface area contributed by atoms with E-state index in [0.29, 0.717) is 36.2 Å². The van der Waals surface area contributed by atoms with Gasteiger partial charge in [-0.25, -0.2) is 4.79 Å². The highest BCUT2D eigenvalue weighted by atomic mass is 16.6. The van der Waals surface area contributed by atoms with Crippen molar-refractivity contribution in [1.29, 1.82) is 0 Å². The van der Waals surface area contributed by atoms with Crippen molar-refractivity contribution in [1.82, 2.24) is 15.6 Å². The summed E-state index contributed by atoms with van der Waals surface area (Å²) in [5.74, 6) is 0.622. The van der Waals surface area contributed by atoms with Gasteiger partial charge < -0.3 is 14.4 Å². The molecule has 3 rings (SSSR count). The standard InChI is InChI=1S/C23H25N3O5/c1-3-30-25-16(2)20(23(27)28)13-18-9-11-19(12-10-18)29-15-22-24-21(26-31-22)14-17-7-5-4-6-8-17/h4-12,25H,3,13-15H2,1-2H3,(H,27,28). The van der Waals surface area contributed by atoms with Crippen LogP contribution in [0.4, 0.5) is 0 Å². The second kappa shape index (κ2) is 10.9. The molecule has 2 N–H and O–H groups in total. The molecular weight excluding hydrogens is 398 g/mol. The fourth-order valence-electron chi connectivity index (χ4n) is 2.86. The number of aromatic nitrogens is 2. The maximum atomic E-state index is 11.6. The van der Waals surface area contributed by atoms with E-state index in [4.69, 9.17) is 14.1 Å². The molecule has 0 aliphatic carbocycles. The third-order valence-corrected chi connectivity index (χ3v) is 4.46. The highest BCUT2D eigenvalue weighted by molar-refractivity contribution is 5.87. The lowest BCUT2D eigenvalue weighted by atomic mass is 10.0. The molecule has 3 aromatic rings. The molecule has 0 aliphatic heterocycles. The Kier molecular flexibility index (Phi) is 7.78. The zero-order valence-electron chi connectivity index (χ0n) is 17.5. The van der Waals surface area contributed by atoms with Gasteiger partial charge in [-0.3, -0.25) is 10.3 Å². The summed E-state index contributed by atoms with van der Waals surface area (Å²) in [6.45, 7) is 4.08. The van der Waals surface area contributed by atoms with Crippen LogP contribution in [0.15, 0.2) is 70.4 Å². The number of hydrogen-bond donors (Lipinski definition) is 2. The Morgan fingerprint density at radius 3 is 2.52 bits per heavy atom. The van der Waals surface area contributed by atoms with Gasteiger partial charge >= 0.3 is 5.97 Å². The van der Waals surface area contributed by atoms with E-state index >= 15 is 0 Å². The predicted octanol–water partition coefficient (Wildman–Crippen LogP) is 3.68. The minimum absolute atomic E-state index is 0.152. The average Bonchev–Trinajstić information content (AvgIpc) is 3.23. The molecule has 0 spiro atoms. The van der Waals surface area contributed by atoms with Crippen molar-refractivity contribution in [2.45, 2.75) is 33.3 Å². The Labute approximate surface area is 180 Å². The Bertz CT molecular complexity index is 1010. The summed E-state index contributed by atoms with van der Waals surface area (Å²) in [4.78, 5) is 21.0. The van der Waals surface area contributed by atoms with Gasteiger partial charge in [-0.05, 0) is 37.1 Å². The average molecular weight is 423 g/mol. The fraction of sp³-hybridized carbons (Fsp3) is 0.261. The zero-order valence-corrected chi connectivity index (χ0v) is 17.5. The van der Waals surface area contributed by atoms with E-state index in [-0.39, 0.29) is 18.6 Å². The summed E-state index contributed by atoms with van der Waals surface area (Å²) >= 11 is 0. The molecule has 31 heavy (non-hydrogen) atoms. The number of aliphatic carboxylic acids is 1. The molecule has 0 saturated heterocycles. The molecule has 0 amide bonds. The van der Waals surface area contributed by atoms with E-state index in [0.717, 1.165) is 11.1 Å². The van der Waals surface area contributed by atoms with Crippen LogP contribution in [0, 0.1) is 0 Å². The Morgan fingerprint density at radius 2 is 1.84 bits per heavy atom. The second-order valence-electron chi connectivity index (χ2n) is 6.82. The van der Waals surface area contributed by atoms with Crippen LogP contribution in [0.25, 0.3) is 0 Å². The minimum atomic E-state index is -0.993. The largest absolute Gasteiger partial charge is 0.484 e. The van der Waals surface area contributed by atoms with E-state index in [1.54, 1.807) is 19.1 Å². The molecule has 0 unspecified atom stereocenters. The van der Waals surface area contributed by atoms with Crippen molar-refractivity contribution < 1.29 is 24.0 Å². The smallest absolute Gasteiger partial charge is 0.333 e. The number of hydroxylamine groups is 1. The molecule has 8 nitrogen and oxygen atoms in total. The number of hydrogen-bond acceptors (Lipinski definition) is 7. The number of carboxylic acid groups (broad SMARTS) is 1. The van der Waals surface area contributed by atoms with Gasteiger partial charge in [-0.2, -0.15) is 4.98 Å². The summed E-state index contributed by atoms with van der Waals surface area (Å²) in [6, 6.07) is 17.1. The van der Waals surface area contributed by atoms with Crippen LogP contribution in [0.3, 0.4) is 0 Å². The molecule has 1 heterocycles. The van der Waals surface area contributed by atoms with Gasteiger partial charge in [0.25, 0.3) is 5.89 Å². The summed E-state index contributed by atoms with van der Waals surface area (Å²) in [5.41, 5.74) is 5.30. The Morgan fingerprint density at radius 1 is 1.10 bits per heavy atom. The van der Waals surface area contributed by atoms with Crippen molar-refractivity contribution in [3.8, 4) is 5.75 Å². The highest BCUT2D eigenvalue weighted by Gasteiger charge is 2.13. The topological polar surface area (TPSA) is 107 Å². The fourth-order valence-corrected chi connectivity index (χ4v) is 2.86. The van der Waals surface area contributed by atoms with Crippen LogP contribution in [-0.4, -0.2) is 27.8 Å². The van der Waals surface area contributed by atoms with E-state index in [1.165, 1.54) is 0 Å². The van der Waals surface area contributed by atoms with E-state index < -0.39 is 5.97 Å². The Balaban J connectivity index is 1.55. The van der Waals surface area contributed by atoms with Crippen LogP contribution in [0.5, 0.6) is 5.75 Å². The molecular formula is C23H25N3O5. The molecule has 0 fully saturated rings. The second-order valence-corrected chi connectivity index (χ2v) is 6.82. The predicted molar refractivity (Wildman–Crippen MR) is 113 cm³/mol. The molecule has 0 aliphatic rings. The minimum Gasteiger partial charge on any atom is -0.484 e. The lowest BCUT2D eigenvalue weighted by Gasteiger charge is -2.11. The lowest BCUT2D eigenvalue weighted by Crippen LogP contribution is -2.18. The molecule has 0 radical (unpaired) electrons. The van der Waals surface area contributed by atoms with Gasteiger partial charge in [0.05, 0.1) is 12.2 Å². The van der Waals surface area contributed by atoms with Gasteiger partial charge in [0, 0.05) is 18.5 Å². The monoisotopic (exact) mass is 423 g/mol. The number of carbonyl (C=O) groups is 1. The first kappa shape index (κ1) is 22.0. The Hall–Kier alpha value is -3.65. The van der Waals surface area contributed by atoms with Crippen molar-refractivity contribution >= 4 is 5.97 Å². The van der Waals surface area contributed by atoms with Gasteiger partial charge in [0.15, 0.2) is 12.4 Å². The van der Waals surface area contributed by atoms with Crippen molar-refractivity contribution in [2.24, 2.45) is 0 Å². The van der Waals surface area contributed by atoms with Crippen molar-refractivity contribution in [2.75, 3.05) is 6.61 Å². The maximum Gasteiger partial charge on any atom is 0.333 e. The molecule has 162 valence electrons. The van der Waals surface area contributed by atoms with Crippen molar-refractivity contribution in [3.05, 3.63) is 88.7 Å². The van der Waals surface area contributed by atoms with E-state index in [9.17, 15) is 9.90 Å². The van der Waals surface area contributed by atoms with E-state index in [2.05, 4.69) is 15.6 Å². The molecule has 1 aromatic heterocycles. The first-order valence-corrected chi connectivity index (χ1v) is 9.93. The van der Waals surface area contributed by atoms with Crippen LogP contribution >= 0.6 is 0 Å². The van der Waals surface area contributed by atoms with Gasteiger partial charge in [0.1, 0.15) is 5.75 Å². The number of allylic oxidation sites excluding steroid dienone is 1. The quantitative estimate of drug-likeness (QED) is 0.355. The maximum absolute atomic E-state index is 11.6. The number of carboxylic acids is 1. The molecule has 0 saturated carbocycles. The third-order valence-electron chi connectivity index (χ3n) is 4.46. The van der Waals surface area contributed by atoms with Crippen LogP contribution in [0.2, 0.25) is 0 Å². The number of nitrogens with one attached hydrogen (secondary N) is 1. The van der Waals surface area contributed by atoms with Crippen LogP contribution in [-0.2, 0) is 29.1 Å². The summed E-state index contributed by atoms with van der Waals surface area (Å²) in [7, 11) is 0. The SMILES string of the molecule is CCONC(C)=C(Cc1ccc(OCc2nc(Cc3ccccc3)no2)cc1)C(=O)O. The molecule has 0 atom stereocenters. The first-order chi connectivity index (χ1) is 15.0. The lowest BCUT2D eigenvalue weighted by molar-refractivity contribution is -0.132.